The van der Waals surface area contributed by atoms with Gasteiger partial charge >= 0.3 is 0 Å². The molecular formula is C47H32N2O. The first-order valence-electron chi connectivity index (χ1n) is 17.2. The highest BCUT2D eigenvalue weighted by atomic mass is 16.3. The quantitative estimate of drug-likeness (QED) is 0.192. The number of fused-ring (bicyclic) bond motifs is 7. The highest BCUT2D eigenvalue weighted by molar-refractivity contribution is 6.06. The third kappa shape index (κ3) is 4.37. The van der Waals surface area contributed by atoms with Gasteiger partial charge in [-0.1, -0.05) is 135 Å². The molecule has 2 heterocycles. The van der Waals surface area contributed by atoms with Crippen LogP contribution in [0.1, 0.15) is 25.0 Å². The molecule has 0 saturated heterocycles. The summed E-state index contributed by atoms with van der Waals surface area (Å²) in [6.45, 7) is 4.70. The normalized spacial score (nSPS) is 13.2. The van der Waals surface area contributed by atoms with Gasteiger partial charge in [-0.25, -0.2) is 9.97 Å². The lowest BCUT2D eigenvalue weighted by Gasteiger charge is -2.22. The topological polar surface area (TPSA) is 38.9 Å². The Morgan fingerprint density at radius 3 is 1.98 bits per heavy atom. The number of benzene rings is 7. The summed E-state index contributed by atoms with van der Waals surface area (Å²) in [6, 6.07) is 55.9. The minimum atomic E-state index is -0.127. The van der Waals surface area contributed by atoms with Crippen molar-refractivity contribution in [2.45, 2.75) is 19.3 Å². The van der Waals surface area contributed by atoms with E-state index in [1.165, 1.54) is 38.6 Å². The molecule has 0 bridgehead atoms. The zero-order chi connectivity index (χ0) is 33.4. The lowest BCUT2D eigenvalue weighted by Crippen LogP contribution is -2.14. The fraction of sp³-hybridized carbons (Fsp3) is 0.0638. The summed E-state index contributed by atoms with van der Waals surface area (Å²) in [6.07, 6.45) is 0. The summed E-state index contributed by atoms with van der Waals surface area (Å²) in [7, 11) is 0. The molecule has 7 aromatic carbocycles. The number of para-hydroxylation sites is 1. The van der Waals surface area contributed by atoms with Crippen LogP contribution in [0, 0.1) is 0 Å². The molecule has 50 heavy (non-hydrogen) atoms. The molecular weight excluding hydrogens is 609 g/mol. The molecule has 0 radical (unpaired) electrons. The largest absolute Gasteiger partial charge is 0.456 e. The van der Waals surface area contributed by atoms with E-state index in [9.17, 15) is 0 Å². The predicted octanol–water partition coefficient (Wildman–Crippen LogP) is 12.5. The number of furan rings is 1. The van der Waals surface area contributed by atoms with Gasteiger partial charge < -0.3 is 4.42 Å². The standard InChI is InChI=1S/C47H32N2O/c1-47(2)39-21-12-20-37(45(39)38-25-30-15-6-7-16-31(30)26-40(38)47)33-17-8-9-18-34(33)42-28-41(48-46(49-42)29-13-4-3-5-14-29)32-23-24-36-35-19-10-11-22-43(35)50-44(36)27-32/h3-28H,1-2H3. The molecule has 10 rings (SSSR count). The minimum absolute atomic E-state index is 0.127. The van der Waals surface area contributed by atoms with Gasteiger partial charge in [-0.15, -0.1) is 0 Å². The average molecular weight is 641 g/mol. The average Bonchev–Trinajstić information content (AvgIpc) is 3.65. The minimum Gasteiger partial charge on any atom is -0.456 e. The highest BCUT2D eigenvalue weighted by Crippen LogP contribution is 2.54. The fourth-order valence-electron chi connectivity index (χ4n) is 7.97. The van der Waals surface area contributed by atoms with Crippen LogP contribution in [0.2, 0.25) is 0 Å². The maximum absolute atomic E-state index is 6.29. The SMILES string of the molecule is CC1(C)c2cc3ccccc3cc2-c2c(-c3ccccc3-c3cc(-c4ccc5c(c4)oc4ccccc45)nc(-c4ccccc4)n3)cccc21. The maximum Gasteiger partial charge on any atom is 0.160 e. The van der Waals surface area contributed by atoms with Crippen LogP contribution >= 0.6 is 0 Å². The highest BCUT2D eigenvalue weighted by Gasteiger charge is 2.37. The monoisotopic (exact) mass is 640 g/mol. The maximum atomic E-state index is 6.29. The fourth-order valence-corrected chi connectivity index (χ4v) is 7.97. The Bertz CT molecular complexity index is 2790. The second kappa shape index (κ2) is 10.8. The molecule has 1 aliphatic carbocycles. The van der Waals surface area contributed by atoms with Crippen LogP contribution in [0.15, 0.2) is 162 Å². The Hall–Kier alpha value is -6.32. The van der Waals surface area contributed by atoms with Crippen molar-refractivity contribution >= 4 is 32.7 Å². The summed E-state index contributed by atoms with van der Waals surface area (Å²) in [5, 5.41) is 4.75. The van der Waals surface area contributed by atoms with Crippen molar-refractivity contribution in [3.8, 4) is 56.2 Å². The molecule has 0 amide bonds. The molecule has 0 spiro atoms. The number of hydrogen-bond acceptors (Lipinski definition) is 3. The first kappa shape index (κ1) is 28.7. The van der Waals surface area contributed by atoms with Gasteiger partial charge in [0.2, 0.25) is 0 Å². The van der Waals surface area contributed by atoms with Gasteiger partial charge in [-0.2, -0.15) is 0 Å². The van der Waals surface area contributed by atoms with Crippen molar-refractivity contribution in [2.24, 2.45) is 0 Å². The van der Waals surface area contributed by atoms with Crippen LogP contribution in [-0.2, 0) is 5.41 Å². The molecule has 0 saturated carbocycles. The van der Waals surface area contributed by atoms with Gasteiger partial charge in [0.15, 0.2) is 5.82 Å². The van der Waals surface area contributed by atoms with Crippen molar-refractivity contribution in [3.05, 3.63) is 169 Å². The molecule has 3 nitrogen and oxygen atoms in total. The van der Waals surface area contributed by atoms with Crippen LogP contribution in [0.5, 0.6) is 0 Å². The van der Waals surface area contributed by atoms with Crippen LogP contribution in [0.4, 0.5) is 0 Å². The van der Waals surface area contributed by atoms with Crippen molar-refractivity contribution in [1.82, 2.24) is 9.97 Å². The molecule has 2 aromatic heterocycles. The van der Waals surface area contributed by atoms with E-state index in [0.29, 0.717) is 5.82 Å². The summed E-state index contributed by atoms with van der Waals surface area (Å²) >= 11 is 0. The van der Waals surface area contributed by atoms with Crippen LogP contribution < -0.4 is 0 Å². The van der Waals surface area contributed by atoms with E-state index < -0.39 is 0 Å². The number of aromatic nitrogens is 2. The van der Waals surface area contributed by atoms with E-state index in [1.807, 2.05) is 30.3 Å². The molecule has 9 aromatic rings. The number of rotatable bonds is 4. The Morgan fingerprint density at radius 1 is 0.440 bits per heavy atom. The summed E-state index contributed by atoms with van der Waals surface area (Å²) in [5.41, 5.74) is 14.0. The van der Waals surface area contributed by atoms with Gasteiger partial charge in [-0.05, 0) is 80.6 Å². The molecule has 3 heteroatoms. The van der Waals surface area contributed by atoms with Gasteiger partial charge in [0.05, 0.1) is 11.4 Å². The second-order valence-electron chi connectivity index (χ2n) is 13.8. The Labute approximate surface area is 290 Å². The van der Waals surface area contributed by atoms with E-state index in [4.69, 9.17) is 14.4 Å². The van der Waals surface area contributed by atoms with Gasteiger partial charge in [0.1, 0.15) is 11.2 Å². The smallest absolute Gasteiger partial charge is 0.160 e. The predicted molar refractivity (Wildman–Crippen MR) is 206 cm³/mol. The van der Waals surface area contributed by atoms with Crippen molar-refractivity contribution in [3.63, 3.8) is 0 Å². The molecule has 0 fully saturated rings. The van der Waals surface area contributed by atoms with Gasteiger partial charge in [0.25, 0.3) is 0 Å². The lowest BCUT2D eigenvalue weighted by molar-refractivity contribution is 0.661. The lowest BCUT2D eigenvalue weighted by atomic mass is 9.81. The summed E-state index contributed by atoms with van der Waals surface area (Å²) in [4.78, 5) is 10.4. The van der Waals surface area contributed by atoms with E-state index in [0.717, 1.165) is 55.6 Å². The zero-order valence-corrected chi connectivity index (χ0v) is 27.8. The van der Waals surface area contributed by atoms with Crippen molar-refractivity contribution in [2.75, 3.05) is 0 Å². The number of nitrogens with zero attached hydrogens (tertiary/aromatic N) is 2. The van der Waals surface area contributed by atoms with E-state index in [2.05, 4.69) is 141 Å². The zero-order valence-electron chi connectivity index (χ0n) is 27.8. The molecule has 0 aliphatic heterocycles. The van der Waals surface area contributed by atoms with Crippen LogP contribution in [0.25, 0.3) is 88.9 Å². The van der Waals surface area contributed by atoms with E-state index in [1.54, 1.807) is 0 Å². The summed E-state index contributed by atoms with van der Waals surface area (Å²) in [5.74, 6) is 0.689. The van der Waals surface area contributed by atoms with E-state index >= 15 is 0 Å². The third-order valence-corrected chi connectivity index (χ3v) is 10.5. The van der Waals surface area contributed by atoms with Crippen molar-refractivity contribution in [1.29, 1.82) is 0 Å². The van der Waals surface area contributed by atoms with E-state index in [-0.39, 0.29) is 5.41 Å². The van der Waals surface area contributed by atoms with Crippen LogP contribution in [0.3, 0.4) is 0 Å². The molecule has 1 aliphatic rings. The van der Waals surface area contributed by atoms with Crippen LogP contribution in [-0.4, -0.2) is 9.97 Å². The second-order valence-corrected chi connectivity index (χ2v) is 13.8. The van der Waals surface area contributed by atoms with Gasteiger partial charge in [-0.3, -0.25) is 0 Å². The Balaban J connectivity index is 1.19. The molecule has 0 atom stereocenters. The Morgan fingerprint density at radius 2 is 1.12 bits per heavy atom. The molecule has 0 N–H and O–H groups in total. The molecule has 0 unspecified atom stereocenters. The third-order valence-electron chi connectivity index (χ3n) is 10.5. The number of hydrogen-bond donors (Lipinski definition) is 0. The first-order valence-corrected chi connectivity index (χ1v) is 17.2. The summed E-state index contributed by atoms with van der Waals surface area (Å²) < 4.78 is 6.29. The van der Waals surface area contributed by atoms with Crippen molar-refractivity contribution < 1.29 is 4.42 Å². The van der Waals surface area contributed by atoms with Gasteiger partial charge in [0, 0.05) is 32.9 Å². The molecule has 236 valence electrons. The first-order chi connectivity index (χ1) is 24.5. The Kier molecular flexibility index (Phi) is 6.22.